The second-order valence-corrected chi connectivity index (χ2v) is 7.24. The second kappa shape index (κ2) is 4.99. The average Bonchev–Trinajstić information content (AvgIpc) is 2.89. The summed E-state index contributed by atoms with van der Waals surface area (Å²) in [5, 5.41) is 14.1. The van der Waals surface area contributed by atoms with Gasteiger partial charge < -0.3 is 10.4 Å². The summed E-state index contributed by atoms with van der Waals surface area (Å²) in [6.07, 6.45) is 8.86. The van der Waals surface area contributed by atoms with E-state index in [1.807, 2.05) is 0 Å². The van der Waals surface area contributed by atoms with Crippen molar-refractivity contribution in [1.82, 2.24) is 9.97 Å². The van der Waals surface area contributed by atoms with E-state index >= 15 is 0 Å². The van der Waals surface area contributed by atoms with Crippen LogP contribution in [0, 0.1) is 5.41 Å². The summed E-state index contributed by atoms with van der Waals surface area (Å²) in [5.41, 5.74) is 2.24. The van der Waals surface area contributed by atoms with E-state index in [2.05, 4.69) is 29.1 Å². The van der Waals surface area contributed by atoms with Crippen LogP contribution in [-0.4, -0.2) is 27.2 Å². The number of fused-ring (bicyclic) bond motifs is 1. The second-order valence-electron chi connectivity index (χ2n) is 7.24. The molecule has 0 radical (unpaired) electrons. The summed E-state index contributed by atoms with van der Waals surface area (Å²) < 4.78 is 0. The summed E-state index contributed by atoms with van der Waals surface area (Å²) >= 11 is 0. The van der Waals surface area contributed by atoms with E-state index in [0.717, 1.165) is 44.3 Å². The smallest absolute Gasteiger partial charge is 0.132 e. The van der Waals surface area contributed by atoms with Crippen LogP contribution >= 0.6 is 0 Å². The number of nitrogens with one attached hydrogen (secondary N) is 1. The van der Waals surface area contributed by atoms with Crippen LogP contribution in [0.3, 0.4) is 0 Å². The van der Waals surface area contributed by atoms with Gasteiger partial charge in [0.2, 0.25) is 0 Å². The average molecular weight is 275 g/mol. The highest BCUT2D eigenvalue weighted by Gasteiger charge is 2.36. The zero-order valence-electron chi connectivity index (χ0n) is 12.6. The van der Waals surface area contributed by atoms with E-state index in [1.165, 1.54) is 17.7 Å². The Balaban J connectivity index is 1.64. The third-order valence-corrected chi connectivity index (χ3v) is 4.99. The van der Waals surface area contributed by atoms with Crippen molar-refractivity contribution in [2.45, 2.75) is 64.4 Å². The molecule has 110 valence electrons. The van der Waals surface area contributed by atoms with E-state index in [0.29, 0.717) is 12.0 Å². The van der Waals surface area contributed by atoms with Gasteiger partial charge in [-0.2, -0.15) is 0 Å². The Morgan fingerprint density at radius 1 is 1.15 bits per heavy atom. The zero-order chi connectivity index (χ0) is 14.2. The highest BCUT2D eigenvalue weighted by Crippen LogP contribution is 2.40. The van der Waals surface area contributed by atoms with Crippen molar-refractivity contribution in [3.63, 3.8) is 0 Å². The van der Waals surface area contributed by atoms with Crippen LogP contribution in [0.2, 0.25) is 0 Å². The van der Waals surface area contributed by atoms with E-state index in [1.54, 1.807) is 6.33 Å². The van der Waals surface area contributed by atoms with Crippen LogP contribution in [0.25, 0.3) is 0 Å². The van der Waals surface area contributed by atoms with Gasteiger partial charge in [-0.1, -0.05) is 13.8 Å². The normalized spacial score (nSPS) is 23.4. The Morgan fingerprint density at radius 3 is 2.65 bits per heavy atom. The predicted octanol–water partition coefficient (Wildman–Crippen LogP) is 2.71. The maximum Gasteiger partial charge on any atom is 0.132 e. The molecule has 0 bridgehead atoms. The van der Waals surface area contributed by atoms with Crippen LogP contribution in [-0.2, 0) is 12.8 Å². The Morgan fingerprint density at radius 2 is 1.90 bits per heavy atom. The van der Waals surface area contributed by atoms with Gasteiger partial charge in [-0.25, -0.2) is 9.97 Å². The molecular formula is C16H25N3O. The molecule has 2 aliphatic carbocycles. The SMILES string of the molecule is CC1(C)CCC(O)(CNc2ncnc3c2CCC3)CC1. The lowest BCUT2D eigenvalue weighted by atomic mass is 9.71. The molecule has 2 N–H and O–H groups in total. The van der Waals surface area contributed by atoms with E-state index in [9.17, 15) is 5.11 Å². The summed E-state index contributed by atoms with van der Waals surface area (Å²) in [6, 6.07) is 0. The van der Waals surface area contributed by atoms with E-state index < -0.39 is 5.60 Å². The van der Waals surface area contributed by atoms with Gasteiger partial charge in [0.1, 0.15) is 12.1 Å². The summed E-state index contributed by atoms with van der Waals surface area (Å²) in [4.78, 5) is 8.70. The minimum atomic E-state index is -0.577. The fraction of sp³-hybridized carbons (Fsp3) is 0.750. The van der Waals surface area contributed by atoms with Crippen LogP contribution in [0.4, 0.5) is 5.82 Å². The quantitative estimate of drug-likeness (QED) is 0.890. The first-order chi connectivity index (χ1) is 9.48. The number of hydrogen-bond donors (Lipinski definition) is 2. The molecule has 4 heteroatoms. The minimum Gasteiger partial charge on any atom is -0.388 e. The molecule has 1 aromatic rings. The van der Waals surface area contributed by atoms with Crippen LogP contribution in [0.15, 0.2) is 6.33 Å². The van der Waals surface area contributed by atoms with Gasteiger partial charge in [-0.3, -0.25) is 0 Å². The van der Waals surface area contributed by atoms with Gasteiger partial charge in [0.05, 0.1) is 5.60 Å². The van der Waals surface area contributed by atoms with Crippen molar-refractivity contribution in [3.8, 4) is 0 Å². The number of aryl methyl sites for hydroxylation is 1. The monoisotopic (exact) mass is 275 g/mol. The Bertz CT molecular complexity index is 488. The van der Waals surface area contributed by atoms with E-state index in [-0.39, 0.29) is 0 Å². The first-order valence-electron chi connectivity index (χ1n) is 7.77. The molecule has 1 saturated carbocycles. The van der Waals surface area contributed by atoms with Gasteiger partial charge >= 0.3 is 0 Å². The fourth-order valence-corrected chi connectivity index (χ4v) is 3.33. The molecule has 1 heterocycles. The lowest BCUT2D eigenvalue weighted by Crippen LogP contribution is -2.42. The van der Waals surface area contributed by atoms with Gasteiger partial charge in [-0.05, 0) is 50.4 Å². The van der Waals surface area contributed by atoms with Gasteiger partial charge in [0, 0.05) is 17.8 Å². The van der Waals surface area contributed by atoms with Gasteiger partial charge in [-0.15, -0.1) is 0 Å². The number of aromatic nitrogens is 2. The standard InChI is InChI=1S/C16H25N3O/c1-15(2)6-8-16(20,9-7-15)10-17-14-12-4-3-5-13(12)18-11-19-14/h11,20H,3-10H2,1-2H3,(H,17,18,19). The fourth-order valence-electron chi connectivity index (χ4n) is 3.33. The molecule has 0 aliphatic heterocycles. The van der Waals surface area contributed by atoms with Crippen molar-refractivity contribution in [1.29, 1.82) is 0 Å². The topological polar surface area (TPSA) is 58.0 Å². The molecule has 1 fully saturated rings. The van der Waals surface area contributed by atoms with Crippen LogP contribution in [0.1, 0.15) is 57.2 Å². The lowest BCUT2D eigenvalue weighted by molar-refractivity contribution is -0.0146. The summed E-state index contributed by atoms with van der Waals surface area (Å²) in [5.74, 6) is 0.936. The molecule has 4 nitrogen and oxygen atoms in total. The third kappa shape index (κ3) is 2.80. The Labute approximate surface area is 121 Å². The first kappa shape index (κ1) is 13.8. The molecule has 0 spiro atoms. The lowest BCUT2D eigenvalue weighted by Gasteiger charge is -2.40. The molecule has 20 heavy (non-hydrogen) atoms. The van der Waals surface area contributed by atoms with Crippen molar-refractivity contribution < 1.29 is 5.11 Å². The van der Waals surface area contributed by atoms with Crippen molar-refractivity contribution >= 4 is 5.82 Å². The third-order valence-electron chi connectivity index (χ3n) is 4.99. The Kier molecular flexibility index (Phi) is 3.44. The largest absolute Gasteiger partial charge is 0.388 e. The number of nitrogens with zero attached hydrogens (tertiary/aromatic N) is 2. The maximum atomic E-state index is 10.7. The van der Waals surface area contributed by atoms with Crippen LogP contribution < -0.4 is 5.32 Å². The molecule has 0 unspecified atom stereocenters. The molecule has 1 aromatic heterocycles. The molecule has 0 saturated heterocycles. The van der Waals surface area contributed by atoms with Crippen molar-refractivity contribution in [2.24, 2.45) is 5.41 Å². The minimum absolute atomic E-state index is 0.377. The van der Waals surface area contributed by atoms with Crippen LogP contribution in [0.5, 0.6) is 0 Å². The predicted molar refractivity (Wildman–Crippen MR) is 79.7 cm³/mol. The molecular weight excluding hydrogens is 250 g/mol. The molecule has 0 amide bonds. The maximum absolute atomic E-state index is 10.7. The van der Waals surface area contributed by atoms with Gasteiger partial charge in [0.15, 0.2) is 0 Å². The summed E-state index contributed by atoms with van der Waals surface area (Å²) in [6.45, 7) is 5.18. The highest BCUT2D eigenvalue weighted by molar-refractivity contribution is 5.48. The molecule has 3 rings (SSSR count). The van der Waals surface area contributed by atoms with Crippen molar-refractivity contribution in [2.75, 3.05) is 11.9 Å². The molecule has 2 aliphatic rings. The van der Waals surface area contributed by atoms with E-state index in [4.69, 9.17) is 0 Å². The molecule has 0 atom stereocenters. The highest BCUT2D eigenvalue weighted by atomic mass is 16.3. The number of anilines is 1. The number of aliphatic hydroxyl groups is 1. The number of hydrogen-bond acceptors (Lipinski definition) is 4. The van der Waals surface area contributed by atoms with Gasteiger partial charge in [0.25, 0.3) is 0 Å². The summed E-state index contributed by atoms with van der Waals surface area (Å²) in [7, 11) is 0. The zero-order valence-corrected chi connectivity index (χ0v) is 12.6. The van der Waals surface area contributed by atoms with Crippen molar-refractivity contribution in [3.05, 3.63) is 17.6 Å². The molecule has 0 aromatic carbocycles. The first-order valence-corrected chi connectivity index (χ1v) is 7.77. The Hall–Kier alpha value is -1.16. The number of rotatable bonds is 3.